The normalized spacial score (nSPS) is 14.6. The third-order valence-corrected chi connectivity index (χ3v) is 3.40. The molecule has 1 heterocycles. The highest BCUT2D eigenvalue weighted by Gasteiger charge is 2.30. The second-order valence-electron chi connectivity index (χ2n) is 4.96. The lowest BCUT2D eigenvalue weighted by atomic mass is 10.1. The zero-order chi connectivity index (χ0) is 13.2. The summed E-state index contributed by atoms with van der Waals surface area (Å²) < 4.78 is 19.0. The molecule has 0 amide bonds. The molecule has 4 heteroatoms. The number of hydrogen-bond donors (Lipinski definition) is 1. The van der Waals surface area contributed by atoms with Gasteiger partial charge in [0.25, 0.3) is 0 Å². The molecule has 0 saturated heterocycles. The van der Waals surface area contributed by atoms with Crippen molar-refractivity contribution in [3.8, 4) is 0 Å². The van der Waals surface area contributed by atoms with E-state index in [0.717, 1.165) is 29.9 Å². The van der Waals surface area contributed by atoms with Crippen LogP contribution < -0.4 is 10.6 Å². The van der Waals surface area contributed by atoms with Crippen molar-refractivity contribution in [1.29, 1.82) is 0 Å². The Labute approximate surface area is 111 Å². The van der Waals surface area contributed by atoms with Crippen LogP contribution in [0.3, 0.4) is 0 Å². The summed E-state index contributed by atoms with van der Waals surface area (Å²) in [6, 6.07) is 9.32. The molecule has 1 saturated carbocycles. The van der Waals surface area contributed by atoms with Gasteiger partial charge in [-0.05, 0) is 48.7 Å². The molecule has 3 nitrogen and oxygen atoms in total. The number of hydrogen-bond acceptors (Lipinski definition) is 3. The van der Waals surface area contributed by atoms with Gasteiger partial charge < -0.3 is 15.1 Å². The number of benzene rings is 1. The number of rotatable bonds is 5. The Hall–Kier alpha value is -1.81. The van der Waals surface area contributed by atoms with Gasteiger partial charge >= 0.3 is 0 Å². The summed E-state index contributed by atoms with van der Waals surface area (Å²) in [4.78, 5) is 2.20. The molecule has 3 rings (SSSR count). The Morgan fingerprint density at radius 3 is 2.79 bits per heavy atom. The van der Waals surface area contributed by atoms with Crippen LogP contribution in [0.2, 0.25) is 0 Å². The van der Waals surface area contributed by atoms with Crippen LogP contribution in [0.15, 0.2) is 41.0 Å². The van der Waals surface area contributed by atoms with Crippen LogP contribution in [0.1, 0.15) is 24.2 Å². The van der Waals surface area contributed by atoms with Crippen LogP contribution in [0.25, 0.3) is 0 Å². The third-order valence-electron chi connectivity index (χ3n) is 3.40. The first-order chi connectivity index (χ1) is 9.26. The predicted molar refractivity (Wildman–Crippen MR) is 72.2 cm³/mol. The summed E-state index contributed by atoms with van der Waals surface area (Å²) in [6.07, 6.45) is 3.96. The van der Waals surface area contributed by atoms with Crippen molar-refractivity contribution in [3.05, 3.63) is 53.7 Å². The fraction of sp³-hybridized carbons (Fsp3) is 0.333. The average molecular weight is 260 g/mol. The smallest absolute Gasteiger partial charge is 0.125 e. The molecule has 1 aliphatic rings. The number of furan rings is 1. The molecule has 0 atom stereocenters. The van der Waals surface area contributed by atoms with Gasteiger partial charge in [-0.2, -0.15) is 0 Å². The van der Waals surface area contributed by atoms with Gasteiger partial charge in [-0.1, -0.05) is 0 Å². The maximum atomic E-state index is 13.6. The van der Waals surface area contributed by atoms with E-state index in [1.165, 1.54) is 6.07 Å². The monoisotopic (exact) mass is 260 g/mol. The fourth-order valence-corrected chi connectivity index (χ4v) is 2.30. The molecule has 19 heavy (non-hydrogen) atoms. The van der Waals surface area contributed by atoms with Crippen LogP contribution in [-0.4, -0.2) is 6.04 Å². The van der Waals surface area contributed by atoms with E-state index in [0.29, 0.717) is 19.1 Å². The Morgan fingerprint density at radius 2 is 2.16 bits per heavy atom. The zero-order valence-electron chi connectivity index (χ0n) is 10.7. The summed E-state index contributed by atoms with van der Waals surface area (Å²) in [7, 11) is 0. The second kappa shape index (κ2) is 5.05. The quantitative estimate of drug-likeness (QED) is 0.898. The van der Waals surface area contributed by atoms with Crippen LogP contribution >= 0.6 is 0 Å². The van der Waals surface area contributed by atoms with Crippen LogP contribution in [0, 0.1) is 5.82 Å². The molecule has 2 N–H and O–H groups in total. The Morgan fingerprint density at radius 1 is 1.32 bits per heavy atom. The topological polar surface area (TPSA) is 42.4 Å². The molecule has 0 aliphatic heterocycles. The van der Waals surface area contributed by atoms with Crippen molar-refractivity contribution in [2.45, 2.75) is 32.0 Å². The van der Waals surface area contributed by atoms with E-state index in [1.54, 1.807) is 12.3 Å². The molecule has 100 valence electrons. The van der Waals surface area contributed by atoms with Gasteiger partial charge in [0.2, 0.25) is 0 Å². The van der Waals surface area contributed by atoms with Gasteiger partial charge in [-0.15, -0.1) is 0 Å². The Balaban J connectivity index is 1.89. The lowest BCUT2D eigenvalue weighted by Gasteiger charge is -2.24. The predicted octanol–water partition coefficient (Wildman–Crippen LogP) is 3.05. The van der Waals surface area contributed by atoms with Gasteiger partial charge in [0.1, 0.15) is 11.6 Å². The highest BCUT2D eigenvalue weighted by Crippen LogP contribution is 2.34. The first-order valence-electron chi connectivity index (χ1n) is 6.55. The Bertz CT molecular complexity index is 549. The molecule has 0 bridgehead atoms. The first-order valence-corrected chi connectivity index (χ1v) is 6.55. The van der Waals surface area contributed by atoms with Gasteiger partial charge in [0.05, 0.1) is 12.8 Å². The van der Waals surface area contributed by atoms with Gasteiger partial charge in [0, 0.05) is 18.3 Å². The fourth-order valence-electron chi connectivity index (χ4n) is 2.30. The van der Waals surface area contributed by atoms with E-state index in [-0.39, 0.29) is 5.82 Å². The number of halogens is 1. The maximum Gasteiger partial charge on any atom is 0.125 e. The Kier molecular flexibility index (Phi) is 3.25. The number of nitrogens with zero attached hydrogens (tertiary/aromatic N) is 1. The van der Waals surface area contributed by atoms with Crippen molar-refractivity contribution in [1.82, 2.24) is 0 Å². The van der Waals surface area contributed by atoms with Crippen molar-refractivity contribution in [2.75, 3.05) is 4.90 Å². The molecule has 1 aliphatic carbocycles. The molecular weight excluding hydrogens is 243 g/mol. The summed E-state index contributed by atoms with van der Waals surface area (Å²) in [5, 5.41) is 0. The van der Waals surface area contributed by atoms with Crippen molar-refractivity contribution in [2.24, 2.45) is 5.73 Å². The van der Waals surface area contributed by atoms with E-state index in [9.17, 15) is 4.39 Å². The molecule has 1 fully saturated rings. The molecule has 2 aromatic rings. The average Bonchev–Trinajstić information content (AvgIpc) is 3.12. The minimum atomic E-state index is -0.233. The summed E-state index contributed by atoms with van der Waals surface area (Å²) >= 11 is 0. The summed E-state index contributed by atoms with van der Waals surface area (Å²) in [5.41, 5.74) is 7.32. The highest BCUT2D eigenvalue weighted by molar-refractivity contribution is 5.51. The SMILES string of the molecule is NCc1cc(F)cc(N(Cc2ccco2)C2CC2)c1. The lowest BCUT2D eigenvalue weighted by Crippen LogP contribution is -2.25. The highest BCUT2D eigenvalue weighted by atomic mass is 19.1. The van der Waals surface area contributed by atoms with E-state index in [4.69, 9.17) is 10.2 Å². The number of nitrogens with two attached hydrogens (primary N) is 1. The molecular formula is C15H17FN2O. The van der Waals surface area contributed by atoms with Gasteiger partial charge in [0.15, 0.2) is 0 Å². The van der Waals surface area contributed by atoms with Crippen molar-refractivity contribution < 1.29 is 8.81 Å². The molecule has 1 aromatic heterocycles. The minimum Gasteiger partial charge on any atom is -0.467 e. The van der Waals surface area contributed by atoms with E-state index in [1.807, 2.05) is 18.2 Å². The minimum absolute atomic E-state index is 0.233. The van der Waals surface area contributed by atoms with Crippen molar-refractivity contribution >= 4 is 5.69 Å². The molecule has 0 radical (unpaired) electrons. The van der Waals surface area contributed by atoms with Crippen LogP contribution in [0.5, 0.6) is 0 Å². The molecule has 0 spiro atoms. The summed E-state index contributed by atoms with van der Waals surface area (Å²) in [6.45, 7) is 1.02. The largest absolute Gasteiger partial charge is 0.467 e. The van der Waals surface area contributed by atoms with Gasteiger partial charge in [-0.3, -0.25) is 0 Å². The standard InChI is InChI=1S/C15H17FN2O/c16-12-6-11(9-17)7-14(8-12)18(13-3-4-13)10-15-2-1-5-19-15/h1-2,5-8,13H,3-4,9-10,17H2. The number of anilines is 1. The second-order valence-corrected chi connectivity index (χ2v) is 4.96. The van der Waals surface area contributed by atoms with Gasteiger partial charge in [-0.25, -0.2) is 4.39 Å². The van der Waals surface area contributed by atoms with Crippen LogP contribution in [0.4, 0.5) is 10.1 Å². The van der Waals surface area contributed by atoms with E-state index < -0.39 is 0 Å². The van der Waals surface area contributed by atoms with Crippen molar-refractivity contribution in [3.63, 3.8) is 0 Å². The zero-order valence-corrected chi connectivity index (χ0v) is 10.7. The third kappa shape index (κ3) is 2.79. The maximum absolute atomic E-state index is 13.6. The van der Waals surface area contributed by atoms with E-state index >= 15 is 0 Å². The van der Waals surface area contributed by atoms with E-state index in [2.05, 4.69) is 4.90 Å². The first kappa shape index (κ1) is 12.2. The van der Waals surface area contributed by atoms with Crippen LogP contribution in [-0.2, 0) is 13.1 Å². The summed E-state index contributed by atoms with van der Waals surface area (Å²) in [5.74, 6) is 0.661. The molecule has 0 unspecified atom stereocenters. The lowest BCUT2D eigenvalue weighted by molar-refractivity contribution is 0.500. The molecule has 1 aromatic carbocycles.